The Morgan fingerprint density at radius 1 is 1.29 bits per heavy atom. The second kappa shape index (κ2) is 9.51. The van der Waals surface area contributed by atoms with E-state index in [0.717, 1.165) is 36.8 Å². The van der Waals surface area contributed by atoms with E-state index in [0.29, 0.717) is 36.1 Å². The predicted octanol–water partition coefficient (Wildman–Crippen LogP) is 4.48. The van der Waals surface area contributed by atoms with Crippen molar-refractivity contribution in [2.75, 3.05) is 26.3 Å². The van der Waals surface area contributed by atoms with Gasteiger partial charge >= 0.3 is 0 Å². The topological polar surface area (TPSA) is 52.9 Å². The Labute approximate surface area is 189 Å². The lowest BCUT2D eigenvalue weighted by molar-refractivity contribution is -0.0176. The van der Waals surface area contributed by atoms with E-state index < -0.39 is 12.2 Å². The van der Waals surface area contributed by atoms with Gasteiger partial charge in [0, 0.05) is 25.6 Å². The Hall–Kier alpha value is -0.940. The van der Waals surface area contributed by atoms with Crippen LogP contribution in [0.1, 0.15) is 65.7 Å². The highest BCUT2D eigenvalue weighted by molar-refractivity contribution is 5.38. The summed E-state index contributed by atoms with van der Waals surface area (Å²) in [7, 11) is 0. The highest BCUT2D eigenvalue weighted by Gasteiger charge is 2.50. The molecule has 3 saturated carbocycles. The number of allylic oxidation sites excluding steroid dienone is 3. The minimum absolute atomic E-state index is 0.389. The van der Waals surface area contributed by atoms with Gasteiger partial charge in [0.1, 0.15) is 0 Å². The van der Waals surface area contributed by atoms with E-state index in [1.165, 1.54) is 38.6 Å². The Bertz CT molecular complexity index is 728. The summed E-state index contributed by atoms with van der Waals surface area (Å²) in [4.78, 5) is 2.64. The van der Waals surface area contributed by atoms with E-state index in [2.05, 4.69) is 44.4 Å². The predicted molar refractivity (Wildman–Crippen MR) is 126 cm³/mol. The van der Waals surface area contributed by atoms with Crippen molar-refractivity contribution < 1.29 is 14.9 Å². The number of morpholine rings is 1. The third kappa shape index (κ3) is 4.73. The molecule has 4 fully saturated rings. The molecule has 0 spiro atoms. The van der Waals surface area contributed by atoms with Gasteiger partial charge in [-0.15, -0.1) is 0 Å². The average molecular weight is 430 g/mol. The Morgan fingerprint density at radius 2 is 2.10 bits per heavy atom. The molecule has 0 aromatic rings. The Kier molecular flexibility index (Phi) is 7.12. The maximum Gasteiger partial charge on any atom is 0.0811 e. The van der Waals surface area contributed by atoms with Crippen LogP contribution in [0.25, 0.3) is 0 Å². The van der Waals surface area contributed by atoms with Gasteiger partial charge in [-0.1, -0.05) is 38.2 Å². The lowest BCUT2D eigenvalue weighted by atomic mass is 9.61. The van der Waals surface area contributed by atoms with Crippen molar-refractivity contribution in [3.63, 3.8) is 0 Å². The van der Waals surface area contributed by atoms with E-state index in [1.54, 1.807) is 5.57 Å². The van der Waals surface area contributed by atoms with Crippen molar-refractivity contribution in [3.8, 4) is 0 Å². The summed E-state index contributed by atoms with van der Waals surface area (Å²) >= 11 is 0. The van der Waals surface area contributed by atoms with Crippen molar-refractivity contribution in [1.82, 2.24) is 4.90 Å². The van der Waals surface area contributed by atoms with E-state index in [4.69, 9.17) is 4.74 Å². The summed E-state index contributed by atoms with van der Waals surface area (Å²) in [5.74, 6) is 2.15. The van der Waals surface area contributed by atoms with Gasteiger partial charge in [0.05, 0.1) is 25.4 Å². The molecule has 31 heavy (non-hydrogen) atoms. The molecule has 3 aliphatic carbocycles. The van der Waals surface area contributed by atoms with Gasteiger partial charge < -0.3 is 14.9 Å². The molecule has 4 aliphatic rings. The van der Waals surface area contributed by atoms with E-state index in [1.807, 2.05) is 0 Å². The lowest BCUT2D eigenvalue weighted by Crippen LogP contribution is -2.47. The molecule has 7 atom stereocenters. The fourth-order valence-corrected chi connectivity index (χ4v) is 7.21. The Balaban J connectivity index is 1.48. The molecule has 0 aromatic carbocycles. The van der Waals surface area contributed by atoms with E-state index in [-0.39, 0.29) is 0 Å². The fourth-order valence-electron chi connectivity index (χ4n) is 7.21. The van der Waals surface area contributed by atoms with Crippen LogP contribution in [-0.4, -0.2) is 59.7 Å². The standard InChI is InChI=1S/C27H43NO3/c1-18(16-28-12-13-31-17-19(28)2)24-9-10-25-21(6-5-11-27(24,25)4)7-8-22-14-23(29)15-26(30)20(22)3/h7-8,18-19,23-26,29-30H,3,5-6,9-17H2,1-2,4H3/t18?,19?,23-,24-,25+,26-,27-/m1/s1. The van der Waals surface area contributed by atoms with Crippen LogP contribution in [0.5, 0.6) is 0 Å². The zero-order valence-electron chi connectivity index (χ0n) is 19.9. The van der Waals surface area contributed by atoms with Gasteiger partial charge in [-0.25, -0.2) is 0 Å². The monoisotopic (exact) mass is 429 g/mol. The van der Waals surface area contributed by atoms with Crippen molar-refractivity contribution in [2.45, 2.75) is 84.0 Å². The quantitative estimate of drug-likeness (QED) is 0.692. The zero-order chi connectivity index (χ0) is 22.2. The van der Waals surface area contributed by atoms with Crippen molar-refractivity contribution in [3.05, 3.63) is 35.5 Å². The molecule has 174 valence electrons. The fraction of sp³-hybridized carbons (Fsp3) is 0.778. The number of rotatable bonds is 4. The highest BCUT2D eigenvalue weighted by atomic mass is 16.5. The number of hydrogen-bond donors (Lipinski definition) is 2. The number of aliphatic hydroxyl groups excluding tert-OH is 2. The molecule has 4 heteroatoms. The normalized spacial score (nSPS) is 43.4. The first kappa shape index (κ1) is 23.2. The number of fused-ring (bicyclic) bond motifs is 1. The van der Waals surface area contributed by atoms with Crippen molar-refractivity contribution in [1.29, 1.82) is 0 Å². The second-order valence-corrected chi connectivity index (χ2v) is 11.1. The first-order valence-corrected chi connectivity index (χ1v) is 12.6. The van der Waals surface area contributed by atoms with Crippen LogP contribution >= 0.6 is 0 Å². The lowest BCUT2D eigenvalue weighted by Gasteiger charge is -2.46. The van der Waals surface area contributed by atoms with Crippen LogP contribution in [0.2, 0.25) is 0 Å². The maximum atomic E-state index is 10.2. The zero-order valence-corrected chi connectivity index (χ0v) is 19.9. The molecule has 0 radical (unpaired) electrons. The molecular weight excluding hydrogens is 386 g/mol. The van der Waals surface area contributed by atoms with Crippen molar-refractivity contribution >= 4 is 0 Å². The molecule has 0 aromatic heterocycles. The van der Waals surface area contributed by atoms with Crippen LogP contribution < -0.4 is 0 Å². The largest absolute Gasteiger partial charge is 0.393 e. The van der Waals surface area contributed by atoms with Crippen LogP contribution in [0, 0.1) is 23.2 Å². The summed E-state index contributed by atoms with van der Waals surface area (Å²) in [5.41, 5.74) is 3.78. The third-order valence-corrected chi connectivity index (χ3v) is 9.02. The summed E-state index contributed by atoms with van der Waals surface area (Å²) in [6, 6.07) is 0.531. The van der Waals surface area contributed by atoms with Crippen LogP contribution in [0.15, 0.2) is 35.5 Å². The second-order valence-electron chi connectivity index (χ2n) is 11.1. The first-order chi connectivity index (χ1) is 14.8. The minimum Gasteiger partial charge on any atom is -0.393 e. The average Bonchev–Trinajstić information content (AvgIpc) is 3.09. The summed E-state index contributed by atoms with van der Waals surface area (Å²) in [5, 5.41) is 20.2. The van der Waals surface area contributed by atoms with Gasteiger partial charge in [0.15, 0.2) is 0 Å². The van der Waals surface area contributed by atoms with Gasteiger partial charge in [-0.05, 0) is 79.8 Å². The molecule has 1 heterocycles. The number of hydrogen-bond acceptors (Lipinski definition) is 4. The molecule has 1 aliphatic heterocycles. The molecular formula is C27H43NO3. The first-order valence-electron chi connectivity index (χ1n) is 12.6. The van der Waals surface area contributed by atoms with E-state index >= 15 is 0 Å². The van der Waals surface area contributed by atoms with Gasteiger partial charge in [-0.2, -0.15) is 0 Å². The van der Waals surface area contributed by atoms with Gasteiger partial charge in [0.25, 0.3) is 0 Å². The number of aliphatic hydroxyl groups is 2. The molecule has 1 saturated heterocycles. The summed E-state index contributed by atoms with van der Waals surface area (Å²) in [6.45, 7) is 15.4. The molecule has 0 bridgehead atoms. The van der Waals surface area contributed by atoms with Crippen LogP contribution in [0.3, 0.4) is 0 Å². The maximum absolute atomic E-state index is 10.2. The summed E-state index contributed by atoms with van der Waals surface area (Å²) < 4.78 is 5.64. The number of ether oxygens (including phenoxy) is 1. The van der Waals surface area contributed by atoms with Crippen molar-refractivity contribution in [2.24, 2.45) is 23.2 Å². The third-order valence-electron chi connectivity index (χ3n) is 9.02. The Morgan fingerprint density at radius 3 is 2.87 bits per heavy atom. The van der Waals surface area contributed by atoms with Gasteiger partial charge in [-0.3, -0.25) is 4.90 Å². The summed E-state index contributed by atoms with van der Waals surface area (Å²) in [6.07, 6.45) is 10.9. The van der Waals surface area contributed by atoms with Gasteiger partial charge in [0.2, 0.25) is 0 Å². The molecule has 2 N–H and O–H groups in total. The molecule has 0 amide bonds. The molecule has 4 nitrogen and oxygen atoms in total. The molecule has 2 unspecified atom stereocenters. The minimum atomic E-state index is -0.607. The van der Waals surface area contributed by atoms with Crippen LogP contribution in [0.4, 0.5) is 0 Å². The molecule has 4 rings (SSSR count). The van der Waals surface area contributed by atoms with Crippen LogP contribution in [-0.2, 0) is 4.74 Å². The number of nitrogens with zero attached hydrogens (tertiary/aromatic N) is 1. The smallest absolute Gasteiger partial charge is 0.0811 e. The SMILES string of the molecule is C=C1C(=CC=C2CCC[C@]3(C)[C@@H](C(C)CN4CCOCC4C)CC[C@@H]23)C[C@@H](O)C[C@H]1O. The highest BCUT2D eigenvalue weighted by Crippen LogP contribution is 2.59. The van der Waals surface area contributed by atoms with E-state index in [9.17, 15) is 10.2 Å².